The number of nitriles is 1. The van der Waals surface area contributed by atoms with E-state index in [0.29, 0.717) is 17.5 Å². The second kappa shape index (κ2) is 10.6. The van der Waals surface area contributed by atoms with Crippen molar-refractivity contribution >= 4 is 0 Å². The van der Waals surface area contributed by atoms with E-state index in [1.807, 2.05) is 24.3 Å². The van der Waals surface area contributed by atoms with Gasteiger partial charge in [0, 0.05) is 0 Å². The topological polar surface area (TPSA) is 123 Å². The summed E-state index contributed by atoms with van der Waals surface area (Å²) in [4.78, 5) is 0. The average Bonchev–Trinajstić information content (AvgIpc) is 2.85. The second-order valence-electron chi connectivity index (χ2n) is 8.98. The zero-order valence-corrected chi connectivity index (χ0v) is 18.5. The fraction of sp³-hybridized carbons (Fsp3) is 0.500. The molecule has 7 nitrogen and oxygen atoms in total. The lowest BCUT2D eigenvalue weighted by Crippen LogP contribution is -2.55. The molecule has 176 valence electrons. The first-order valence-corrected chi connectivity index (χ1v) is 11.6. The minimum absolute atomic E-state index is 0.282. The van der Waals surface area contributed by atoms with Crippen molar-refractivity contribution in [1.29, 1.82) is 5.26 Å². The molecule has 1 aliphatic carbocycles. The first-order valence-electron chi connectivity index (χ1n) is 11.6. The molecular weight excluding hydrogens is 422 g/mol. The van der Waals surface area contributed by atoms with Gasteiger partial charge in [-0.2, -0.15) is 5.26 Å². The van der Waals surface area contributed by atoms with Gasteiger partial charge in [-0.3, -0.25) is 0 Å². The highest BCUT2D eigenvalue weighted by atomic mass is 16.5. The minimum Gasteiger partial charge on any atom is -0.490 e. The van der Waals surface area contributed by atoms with Crippen LogP contribution in [0.5, 0.6) is 5.75 Å². The summed E-state index contributed by atoms with van der Waals surface area (Å²) in [7, 11) is 0. The molecule has 0 radical (unpaired) electrons. The van der Waals surface area contributed by atoms with Crippen LogP contribution in [-0.2, 0) is 11.2 Å². The molecule has 1 aliphatic heterocycles. The third-order valence-corrected chi connectivity index (χ3v) is 6.64. The molecule has 2 aromatic carbocycles. The minimum atomic E-state index is -1.45. The van der Waals surface area contributed by atoms with Crippen LogP contribution in [0, 0.1) is 11.3 Å². The Labute approximate surface area is 193 Å². The molecule has 2 fully saturated rings. The Morgan fingerprint density at radius 2 is 1.67 bits per heavy atom. The van der Waals surface area contributed by atoms with Crippen molar-refractivity contribution in [2.75, 3.05) is 6.61 Å². The molecule has 1 heterocycles. The first kappa shape index (κ1) is 23.7. The molecule has 7 heteroatoms. The SMILES string of the molecule is N#Cc1ccc([C@@H]2O[C@H](CO)[C@@H](O)[C@H](O)[C@H]2O)cc1Cc1ccc(OC2CCCCC2)cc1. The fourth-order valence-electron chi connectivity index (χ4n) is 4.70. The molecule has 0 unspecified atom stereocenters. The van der Waals surface area contributed by atoms with Crippen molar-refractivity contribution in [2.24, 2.45) is 0 Å². The van der Waals surface area contributed by atoms with E-state index in [2.05, 4.69) is 6.07 Å². The summed E-state index contributed by atoms with van der Waals surface area (Å²) in [5.41, 5.74) is 2.84. The smallest absolute Gasteiger partial charge is 0.119 e. The highest BCUT2D eigenvalue weighted by molar-refractivity contribution is 5.44. The van der Waals surface area contributed by atoms with Crippen molar-refractivity contribution in [3.8, 4) is 11.8 Å². The predicted molar refractivity (Wildman–Crippen MR) is 121 cm³/mol. The van der Waals surface area contributed by atoms with Crippen LogP contribution in [0.15, 0.2) is 42.5 Å². The van der Waals surface area contributed by atoms with E-state index < -0.39 is 37.1 Å². The van der Waals surface area contributed by atoms with E-state index in [-0.39, 0.29) is 6.10 Å². The van der Waals surface area contributed by atoms with E-state index in [1.165, 1.54) is 19.3 Å². The summed E-state index contributed by atoms with van der Waals surface area (Å²) in [6.07, 6.45) is 0.544. The molecule has 33 heavy (non-hydrogen) atoms. The molecule has 0 spiro atoms. The normalized spacial score (nSPS) is 28.3. The molecule has 1 saturated heterocycles. The predicted octanol–water partition coefficient (Wildman–Crippen LogP) is 2.38. The first-order chi connectivity index (χ1) is 16.0. The van der Waals surface area contributed by atoms with E-state index >= 15 is 0 Å². The van der Waals surface area contributed by atoms with Gasteiger partial charge in [-0.1, -0.05) is 30.7 Å². The van der Waals surface area contributed by atoms with Gasteiger partial charge in [0.25, 0.3) is 0 Å². The Bertz CT molecular complexity index is 964. The van der Waals surface area contributed by atoms with Crippen LogP contribution >= 0.6 is 0 Å². The standard InChI is InChI=1S/C26H31NO6/c27-14-18-9-8-17(26-25(31)24(30)23(29)22(15-28)33-26)13-19(18)12-16-6-10-21(11-7-16)32-20-4-2-1-3-5-20/h6-11,13,20,22-26,28-31H,1-5,12,15H2/t22-,23-,24+,25-,26+/m1/s1. The molecular formula is C26H31NO6. The van der Waals surface area contributed by atoms with Crippen molar-refractivity contribution in [3.63, 3.8) is 0 Å². The number of ether oxygens (including phenoxy) is 2. The van der Waals surface area contributed by atoms with Gasteiger partial charge >= 0.3 is 0 Å². The molecule has 1 saturated carbocycles. The number of nitrogens with zero attached hydrogens (tertiary/aromatic N) is 1. The number of aliphatic hydroxyl groups excluding tert-OH is 4. The Kier molecular flexibility index (Phi) is 7.63. The van der Waals surface area contributed by atoms with Crippen LogP contribution in [-0.4, -0.2) is 57.6 Å². The Balaban J connectivity index is 1.51. The van der Waals surface area contributed by atoms with Crippen molar-refractivity contribution in [2.45, 2.75) is 75.1 Å². The molecule has 5 atom stereocenters. The van der Waals surface area contributed by atoms with Gasteiger partial charge in [0.2, 0.25) is 0 Å². The van der Waals surface area contributed by atoms with Gasteiger partial charge in [0.15, 0.2) is 0 Å². The number of rotatable bonds is 6. The largest absolute Gasteiger partial charge is 0.490 e. The van der Waals surface area contributed by atoms with E-state index in [9.17, 15) is 25.7 Å². The molecule has 4 N–H and O–H groups in total. The maximum atomic E-state index is 10.5. The number of aliphatic hydroxyl groups is 4. The fourth-order valence-corrected chi connectivity index (χ4v) is 4.70. The Morgan fingerprint density at radius 1 is 0.939 bits per heavy atom. The third-order valence-electron chi connectivity index (χ3n) is 6.64. The third kappa shape index (κ3) is 5.37. The Hall–Kier alpha value is -2.47. The van der Waals surface area contributed by atoms with Crippen LogP contribution in [0.1, 0.15) is 60.5 Å². The number of benzene rings is 2. The van der Waals surface area contributed by atoms with Crippen molar-refractivity contribution in [3.05, 3.63) is 64.7 Å². The molecule has 4 rings (SSSR count). The maximum Gasteiger partial charge on any atom is 0.119 e. The molecule has 2 aromatic rings. The second-order valence-corrected chi connectivity index (χ2v) is 8.98. The summed E-state index contributed by atoms with van der Waals surface area (Å²) in [5, 5.41) is 49.6. The van der Waals surface area contributed by atoms with Crippen LogP contribution in [0.3, 0.4) is 0 Å². The van der Waals surface area contributed by atoms with Crippen LogP contribution in [0.2, 0.25) is 0 Å². The quantitative estimate of drug-likeness (QED) is 0.529. The molecule has 2 aliphatic rings. The maximum absolute atomic E-state index is 10.5. The van der Waals surface area contributed by atoms with Gasteiger partial charge in [0.1, 0.15) is 36.3 Å². The van der Waals surface area contributed by atoms with Crippen LogP contribution in [0.25, 0.3) is 0 Å². The number of hydrogen-bond donors (Lipinski definition) is 4. The summed E-state index contributed by atoms with van der Waals surface area (Å²) in [5.74, 6) is 0.848. The zero-order valence-electron chi connectivity index (χ0n) is 18.5. The van der Waals surface area contributed by atoms with Crippen molar-refractivity contribution < 1.29 is 29.9 Å². The average molecular weight is 454 g/mol. The van der Waals surface area contributed by atoms with E-state index in [1.54, 1.807) is 18.2 Å². The summed E-state index contributed by atoms with van der Waals surface area (Å²) < 4.78 is 11.8. The monoisotopic (exact) mass is 453 g/mol. The van der Waals surface area contributed by atoms with Crippen LogP contribution < -0.4 is 4.74 Å². The van der Waals surface area contributed by atoms with Gasteiger partial charge in [-0.25, -0.2) is 0 Å². The van der Waals surface area contributed by atoms with Gasteiger partial charge < -0.3 is 29.9 Å². The number of hydrogen-bond acceptors (Lipinski definition) is 7. The summed E-state index contributed by atoms with van der Waals surface area (Å²) >= 11 is 0. The van der Waals surface area contributed by atoms with E-state index in [4.69, 9.17) is 9.47 Å². The van der Waals surface area contributed by atoms with E-state index in [0.717, 1.165) is 29.7 Å². The zero-order chi connectivity index (χ0) is 23.4. The van der Waals surface area contributed by atoms with Crippen LogP contribution in [0.4, 0.5) is 0 Å². The van der Waals surface area contributed by atoms with Crippen molar-refractivity contribution in [1.82, 2.24) is 0 Å². The molecule has 0 aromatic heterocycles. The molecule has 0 bridgehead atoms. The van der Waals surface area contributed by atoms with Gasteiger partial charge in [-0.05, 0) is 67.0 Å². The lowest BCUT2D eigenvalue weighted by atomic mass is 9.89. The lowest BCUT2D eigenvalue weighted by molar-refractivity contribution is -0.231. The Morgan fingerprint density at radius 3 is 2.33 bits per heavy atom. The molecule has 0 amide bonds. The van der Waals surface area contributed by atoms with Gasteiger partial charge in [0.05, 0.1) is 24.3 Å². The lowest BCUT2D eigenvalue weighted by Gasteiger charge is -2.40. The summed E-state index contributed by atoms with van der Waals surface area (Å²) in [6, 6.07) is 15.2. The summed E-state index contributed by atoms with van der Waals surface area (Å²) in [6.45, 7) is -0.486. The highest BCUT2D eigenvalue weighted by Gasteiger charge is 2.44. The highest BCUT2D eigenvalue weighted by Crippen LogP contribution is 2.33. The van der Waals surface area contributed by atoms with Gasteiger partial charge in [-0.15, -0.1) is 0 Å².